The highest BCUT2D eigenvalue weighted by Crippen LogP contribution is 2.26. The quantitative estimate of drug-likeness (QED) is 0.0197. The largest absolute Gasteiger partial charge is 0.457 e. The SMILES string of the molecule is CC/C=C\C/C=C\C/C=C\CCCCCCCCCCOCC(COC1OC(CO)C(O)C(OS(=O)(=O)O)C1O)OC(=O)CCCCCCCC/C=C\C/C=C\C/C=C\CCCCCCC. The number of aliphatic hydroxyl groups excluding tert-OH is 3. The standard InChI is InChI=1S/C53H92O12S/c1-3-5-7-9-11-13-15-17-19-21-23-24-25-26-28-30-32-34-36-38-40-42-49(55)63-47(46-62-53-51(57)52(65-66(58,59)60)50(56)48(44-54)64-53)45-61-43-41-39-37-35-33-31-29-27-22-20-18-16-14-12-10-8-6-4-2/h6,8,12,14-15,17-18,20-21,23,25-26,47-48,50-54,56-57H,3-5,7,9-11,13,16,19,22,24,27-46H2,1-2H3,(H,58,59,60)/b8-6-,14-12-,17-15-,20-18-,23-21-,26-25-. The van der Waals surface area contributed by atoms with Crippen LogP contribution >= 0.6 is 0 Å². The molecule has 0 aromatic carbocycles. The lowest BCUT2D eigenvalue weighted by Crippen LogP contribution is -2.60. The molecule has 0 aromatic heterocycles. The molecule has 4 N–H and O–H groups in total. The molecule has 66 heavy (non-hydrogen) atoms. The van der Waals surface area contributed by atoms with Gasteiger partial charge in [-0.1, -0.05) is 177 Å². The van der Waals surface area contributed by atoms with Crippen LogP contribution in [-0.2, 0) is 38.3 Å². The first kappa shape index (κ1) is 61.6. The maximum absolute atomic E-state index is 12.9. The van der Waals surface area contributed by atoms with Gasteiger partial charge < -0.3 is 34.3 Å². The lowest BCUT2D eigenvalue weighted by atomic mass is 9.99. The molecule has 1 aliphatic heterocycles. The molecule has 0 aliphatic carbocycles. The number of hydrogen-bond acceptors (Lipinski definition) is 11. The van der Waals surface area contributed by atoms with E-state index in [1.165, 1.54) is 70.6 Å². The van der Waals surface area contributed by atoms with Crippen molar-refractivity contribution in [3.63, 3.8) is 0 Å². The van der Waals surface area contributed by atoms with Crippen LogP contribution in [0.15, 0.2) is 72.9 Å². The number of aliphatic hydroxyl groups is 3. The molecule has 0 saturated carbocycles. The van der Waals surface area contributed by atoms with E-state index in [2.05, 4.69) is 90.9 Å². The molecule has 1 aliphatic rings. The Kier molecular flexibility index (Phi) is 40.8. The summed E-state index contributed by atoms with van der Waals surface area (Å²) in [5.74, 6) is -0.416. The Bertz CT molecular complexity index is 1420. The van der Waals surface area contributed by atoms with Gasteiger partial charge in [0, 0.05) is 13.0 Å². The van der Waals surface area contributed by atoms with Crippen molar-refractivity contribution in [2.24, 2.45) is 0 Å². The van der Waals surface area contributed by atoms with Crippen molar-refractivity contribution in [3.05, 3.63) is 72.9 Å². The van der Waals surface area contributed by atoms with E-state index in [0.29, 0.717) is 13.0 Å². The monoisotopic (exact) mass is 953 g/mol. The van der Waals surface area contributed by atoms with E-state index in [1.54, 1.807) is 0 Å². The highest BCUT2D eigenvalue weighted by atomic mass is 32.3. The molecule has 0 aromatic rings. The van der Waals surface area contributed by atoms with Crippen molar-refractivity contribution in [2.45, 2.75) is 230 Å². The topological polar surface area (TPSA) is 178 Å². The number of allylic oxidation sites excluding steroid dienone is 12. The van der Waals surface area contributed by atoms with Gasteiger partial charge in [-0.25, -0.2) is 4.18 Å². The zero-order valence-electron chi connectivity index (χ0n) is 41.0. The van der Waals surface area contributed by atoms with Gasteiger partial charge in [0.1, 0.15) is 30.5 Å². The summed E-state index contributed by atoms with van der Waals surface area (Å²) < 4.78 is 59.2. The fourth-order valence-corrected chi connectivity index (χ4v) is 7.97. The Balaban J connectivity index is 2.39. The van der Waals surface area contributed by atoms with Gasteiger partial charge >= 0.3 is 16.4 Å². The van der Waals surface area contributed by atoms with Crippen LogP contribution in [0.1, 0.15) is 194 Å². The molecule has 12 nitrogen and oxygen atoms in total. The van der Waals surface area contributed by atoms with Crippen LogP contribution in [0.2, 0.25) is 0 Å². The maximum Gasteiger partial charge on any atom is 0.397 e. The summed E-state index contributed by atoms with van der Waals surface area (Å²) in [6.07, 6.45) is 47.8. The van der Waals surface area contributed by atoms with Crippen molar-refractivity contribution in [3.8, 4) is 0 Å². The molecule has 13 heteroatoms. The van der Waals surface area contributed by atoms with Gasteiger partial charge in [0.15, 0.2) is 6.29 Å². The Hall–Kier alpha value is -2.46. The van der Waals surface area contributed by atoms with E-state index >= 15 is 0 Å². The van der Waals surface area contributed by atoms with Crippen molar-refractivity contribution in [1.29, 1.82) is 0 Å². The second kappa shape index (κ2) is 43.8. The summed E-state index contributed by atoms with van der Waals surface area (Å²) in [5.41, 5.74) is 0. The Morgan fingerprint density at radius 1 is 0.591 bits per heavy atom. The zero-order chi connectivity index (χ0) is 48.2. The van der Waals surface area contributed by atoms with Crippen LogP contribution in [0.4, 0.5) is 0 Å². The first-order valence-corrected chi connectivity index (χ1v) is 27.1. The van der Waals surface area contributed by atoms with E-state index in [9.17, 15) is 33.1 Å². The molecular formula is C53H92O12S. The lowest BCUT2D eigenvalue weighted by Gasteiger charge is -2.41. The van der Waals surface area contributed by atoms with Crippen LogP contribution in [0, 0.1) is 0 Å². The molecule has 1 saturated heterocycles. The van der Waals surface area contributed by atoms with Gasteiger partial charge in [-0.05, 0) is 83.5 Å². The average molecular weight is 953 g/mol. The van der Waals surface area contributed by atoms with Crippen molar-refractivity contribution >= 4 is 16.4 Å². The van der Waals surface area contributed by atoms with Gasteiger partial charge in [-0.15, -0.1) is 0 Å². The van der Waals surface area contributed by atoms with Gasteiger partial charge in [-0.3, -0.25) is 9.35 Å². The zero-order valence-corrected chi connectivity index (χ0v) is 41.8. The molecule has 1 fully saturated rings. The number of ether oxygens (including phenoxy) is 4. The first-order chi connectivity index (χ1) is 32.1. The molecule has 0 radical (unpaired) electrons. The molecule has 6 unspecified atom stereocenters. The number of esters is 1. The summed E-state index contributed by atoms with van der Waals surface area (Å²) in [6.45, 7) is 3.84. The third-order valence-electron chi connectivity index (χ3n) is 11.3. The third-order valence-corrected chi connectivity index (χ3v) is 11.8. The lowest BCUT2D eigenvalue weighted by molar-refractivity contribution is -0.301. The van der Waals surface area contributed by atoms with Gasteiger partial charge in [0.2, 0.25) is 0 Å². The second-order valence-corrected chi connectivity index (χ2v) is 18.4. The molecule has 0 spiro atoms. The fraction of sp³-hybridized carbons (Fsp3) is 0.755. The van der Waals surface area contributed by atoms with Crippen LogP contribution in [0.5, 0.6) is 0 Å². The summed E-state index contributed by atoms with van der Waals surface area (Å²) in [5, 5.41) is 30.8. The van der Waals surface area contributed by atoms with E-state index < -0.39 is 59.8 Å². The molecule has 1 heterocycles. The first-order valence-electron chi connectivity index (χ1n) is 25.7. The minimum absolute atomic E-state index is 0.0218. The molecular weight excluding hydrogens is 861 g/mol. The van der Waals surface area contributed by atoms with E-state index in [1.807, 2.05) is 0 Å². The van der Waals surface area contributed by atoms with Gasteiger partial charge in [0.25, 0.3) is 0 Å². The predicted molar refractivity (Wildman–Crippen MR) is 266 cm³/mol. The van der Waals surface area contributed by atoms with Gasteiger partial charge in [0.05, 0.1) is 19.8 Å². The number of hydrogen-bond donors (Lipinski definition) is 4. The maximum atomic E-state index is 12.9. The fourth-order valence-electron chi connectivity index (χ4n) is 7.46. The van der Waals surface area contributed by atoms with Crippen LogP contribution in [0.3, 0.4) is 0 Å². The minimum Gasteiger partial charge on any atom is -0.457 e. The molecule has 0 bridgehead atoms. The number of unbranched alkanes of at least 4 members (excludes halogenated alkanes) is 19. The van der Waals surface area contributed by atoms with Crippen molar-refractivity contribution in [1.82, 2.24) is 0 Å². The van der Waals surface area contributed by atoms with Crippen molar-refractivity contribution in [2.75, 3.05) is 26.4 Å². The molecule has 382 valence electrons. The van der Waals surface area contributed by atoms with Crippen molar-refractivity contribution < 1.29 is 56.2 Å². The highest BCUT2D eigenvalue weighted by Gasteiger charge is 2.48. The number of rotatable bonds is 44. The summed E-state index contributed by atoms with van der Waals surface area (Å²) >= 11 is 0. The summed E-state index contributed by atoms with van der Waals surface area (Å²) in [4.78, 5) is 12.9. The normalized spacial score (nSPS) is 20.1. The predicted octanol–water partition coefficient (Wildman–Crippen LogP) is 11.9. The van der Waals surface area contributed by atoms with E-state index in [0.717, 1.165) is 96.3 Å². The Morgan fingerprint density at radius 2 is 1.05 bits per heavy atom. The molecule has 6 atom stereocenters. The summed E-state index contributed by atoms with van der Waals surface area (Å²) in [7, 11) is -5.07. The summed E-state index contributed by atoms with van der Waals surface area (Å²) in [6, 6.07) is 0. The van der Waals surface area contributed by atoms with Crippen LogP contribution in [0.25, 0.3) is 0 Å². The third kappa shape index (κ3) is 36.6. The van der Waals surface area contributed by atoms with E-state index in [-0.39, 0.29) is 19.6 Å². The minimum atomic E-state index is -5.07. The van der Waals surface area contributed by atoms with Crippen LogP contribution < -0.4 is 0 Å². The van der Waals surface area contributed by atoms with Gasteiger partial charge in [-0.2, -0.15) is 8.42 Å². The Morgan fingerprint density at radius 3 is 1.53 bits per heavy atom. The smallest absolute Gasteiger partial charge is 0.397 e. The highest BCUT2D eigenvalue weighted by molar-refractivity contribution is 7.80. The molecule has 0 amide bonds. The Labute approximate surface area is 401 Å². The van der Waals surface area contributed by atoms with E-state index in [4.69, 9.17) is 18.9 Å². The number of carbonyl (C=O) groups excluding carboxylic acids is 1. The molecule has 1 rings (SSSR count). The van der Waals surface area contributed by atoms with Crippen LogP contribution in [-0.4, -0.2) is 97.5 Å². The average Bonchev–Trinajstić information content (AvgIpc) is 3.29. The number of carbonyl (C=O) groups is 1. The second-order valence-electron chi connectivity index (χ2n) is 17.4.